The van der Waals surface area contributed by atoms with E-state index in [0.29, 0.717) is 10.5 Å². The summed E-state index contributed by atoms with van der Waals surface area (Å²) in [5.41, 5.74) is 0. The highest BCUT2D eigenvalue weighted by Crippen LogP contribution is 2.66. The van der Waals surface area contributed by atoms with Crippen molar-refractivity contribution in [2.75, 3.05) is 0 Å². The highest BCUT2D eigenvalue weighted by molar-refractivity contribution is 8.42. The Labute approximate surface area is 143 Å². The molecule has 1 aromatic heterocycles. The summed E-state index contributed by atoms with van der Waals surface area (Å²) >= 11 is 11.5. The summed E-state index contributed by atoms with van der Waals surface area (Å²) in [7, 11) is 0. The van der Waals surface area contributed by atoms with E-state index < -0.39 is 0 Å². The Morgan fingerprint density at radius 1 is 0.700 bits per heavy atom. The molecule has 8 heteroatoms. The van der Waals surface area contributed by atoms with Crippen molar-refractivity contribution >= 4 is 70.6 Å². The quantitative estimate of drug-likeness (QED) is 0.573. The summed E-state index contributed by atoms with van der Waals surface area (Å²) in [5, 5.41) is 3.49. The van der Waals surface area contributed by atoms with Crippen LogP contribution in [0.4, 0.5) is 0 Å². The summed E-state index contributed by atoms with van der Waals surface area (Å²) in [6, 6.07) is 0. The molecule has 104 valence electrons. The Balaban J connectivity index is 1.58. The third-order valence-corrected chi connectivity index (χ3v) is 12.1. The molecule has 0 aromatic carbocycles. The second kappa shape index (κ2) is 5.70. The number of hydrogen-bond acceptors (Lipinski definition) is 8. The Kier molecular flexibility index (Phi) is 4.06. The van der Waals surface area contributed by atoms with Gasteiger partial charge in [0.1, 0.15) is 10.1 Å². The van der Waals surface area contributed by atoms with Gasteiger partial charge in [0.25, 0.3) is 0 Å². The fourth-order valence-electron chi connectivity index (χ4n) is 1.76. The lowest BCUT2D eigenvalue weighted by Gasteiger charge is -2.24. The van der Waals surface area contributed by atoms with Crippen molar-refractivity contribution in [3.8, 4) is 0 Å². The molecular weight excluding hydrogens is 365 g/mol. The fraction of sp³-hybridized carbons (Fsp3) is 0.333. The van der Waals surface area contributed by atoms with Crippen molar-refractivity contribution in [2.45, 2.75) is 34.4 Å². The summed E-state index contributed by atoms with van der Waals surface area (Å²) in [6.07, 6.45) is 3.54. The summed E-state index contributed by atoms with van der Waals surface area (Å²) < 4.78 is 5.74. The van der Waals surface area contributed by atoms with Gasteiger partial charge >= 0.3 is 0 Å². The van der Waals surface area contributed by atoms with E-state index in [9.17, 15) is 0 Å². The molecule has 3 aliphatic rings. The smallest absolute Gasteiger partial charge is 0.134 e. The summed E-state index contributed by atoms with van der Waals surface area (Å²) in [6.45, 7) is 4.65. The lowest BCUT2D eigenvalue weighted by molar-refractivity contribution is 0.930. The average molecular weight is 375 g/mol. The molecule has 0 fully saturated rings. The topological polar surface area (TPSA) is 25.8 Å². The van der Waals surface area contributed by atoms with Crippen LogP contribution in [0.3, 0.4) is 0 Å². The van der Waals surface area contributed by atoms with Crippen molar-refractivity contribution in [3.63, 3.8) is 0 Å². The fourth-order valence-corrected chi connectivity index (χ4v) is 10.8. The van der Waals surface area contributed by atoms with Crippen LogP contribution in [0.15, 0.2) is 39.4 Å². The molecule has 0 aliphatic carbocycles. The first-order valence-electron chi connectivity index (χ1n) is 6.05. The number of thioether (sulfide) groups is 6. The number of rotatable bonds is 0. The summed E-state index contributed by atoms with van der Waals surface area (Å²) in [5.74, 6) is 0. The molecule has 0 radical (unpaired) electrons. The van der Waals surface area contributed by atoms with Crippen molar-refractivity contribution in [1.82, 2.24) is 9.97 Å². The van der Waals surface area contributed by atoms with Crippen molar-refractivity contribution < 1.29 is 0 Å². The molecule has 0 N–H and O–H groups in total. The number of nitrogens with zero attached hydrogens (tertiary/aromatic N) is 2. The van der Waals surface area contributed by atoms with Gasteiger partial charge in [0.15, 0.2) is 0 Å². The van der Waals surface area contributed by atoms with Gasteiger partial charge in [-0.15, -0.1) is 23.5 Å². The first kappa shape index (κ1) is 14.3. The van der Waals surface area contributed by atoms with E-state index in [4.69, 9.17) is 0 Å². The van der Waals surface area contributed by atoms with E-state index in [2.05, 4.69) is 23.8 Å². The van der Waals surface area contributed by atoms with Crippen LogP contribution in [0.2, 0.25) is 0 Å². The highest BCUT2D eigenvalue weighted by atomic mass is 32.3. The lowest BCUT2D eigenvalue weighted by atomic mass is 10.4. The van der Waals surface area contributed by atoms with E-state index in [1.54, 1.807) is 35.9 Å². The van der Waals surface area contributed by atoms with Gasteiger partial charge in [0.2, 0.25) is 0 Å². The molecule has 0 saturated heterocycles. The maximum atomic E-state index is 4.40. The van der Waals surface area contributed by atoms with Crippen LogP contribution in [0.1, 0.15) is 13.8 Å². The standard InChI is InChI=1S/C12H10N2S6/c1-5-6(2)16-10-9(15-5)19-12(20-10)11-17-7-8(18-11)14-4-3-13-7/h3-6H,1-2H3/t5-,6+. The van der Waals surface area contributed by atoms with E-state index in [1.807, 2.05) is 47.0 Å². The van der Waals surface area contributed by atoms with Crippen LogP contribution in [-0.2, 0) is 0 Å². The maximum absolute atomic E-state index is 4.40. The molecule has 1 aromatic rings. The Morgan fingerprint density at radius 2 is 1.15 bits per heavy atom. The monoisotopic (exact) mass is 374 g/mol. The van der Waals surface area contributed by atoms with Gasteiger partial charge in [-0.3, -0.25) is 0 Å². The van der Waals surface area contributed by atoms with Gasteiger partial charge in [-0.2, -0.15) is 0 Å². The summed E-state index contributed by atoms with van der Waals surface area (Å²) in [4.78, 5) is 8.80. The molecule has 2 nitrogen and oxygen atoms in total. The van der Waals surface area contributed by atoms with E-state index in [-0.39, 0.29) is 0 Å². The van der Waals surface area contributed by atoms with E-state index >= 15 is 0 Å². The average Bonchev–Trinajstić information content (AvgIpc) is 3.02. The minimum absolute atomic E-state index is 0.695. The molecule has 20 heavy (non-hydrogen) atoms. The molecule has 0 bridgehead atoms. The highest BCUT2D eigenvalue weighted by Gasteiger charge is 2.35. The number of aromatic nitrogens is 2. The third kappa shape index (κ3) is 2.56. The Hall–Kier alpha value is 0.660. The van der Waals surface area contributed by atoms with E-state index in [0.717, 1.165) is 10.1 Å². The second-order valence-corrected chi connectivity index (χ2v) is 12.2. The third-order valence-electron chi connectivity index (χ3n) is 2.96. The van der Waals surface area contributed by atoms with Crippen molar-refractivity contribution in [3.05, 3.63) is 29.3 Å². The second-order valence-electron chi connectivity index (χ2n) is 4.37. The molecule has 0 unspecified atom stereocenters. The van der Waals surface area contributed by atoms with Crippen molar-refractivity contribution in [2.24, 2.45) is 0 Å². The van der Waals surface area contributed by atoms with Crippen LogP contribution in [0.25, 0.3) is 0 Å². The largest absolute Gasteiger partial charge is 0.245 e. The maximum Gasteiger partial charge on any atom is 0.134 e. The number of fused-ring (bicyclic) bond motifs is 1. The van der Waals surface area contributed by atoms with Gasteiger partial charge in [-0.25, -0.2) is 9.97 Å². The number of hydrogen-bond donors (Lipinski definition) is 0. The zero-order valence-corrected chi connectivity index (χ0v) is 15.6. The van der Waals surface area contributed by atoms with Crippen molar-refractivity contribution in [1.29, 1.82) is 0 Å². The van der Waals surface area contributed by atoms with Gasteiger partial charge in [-0.1, -0.05) is 60.9 Å². The minimum atomic E-state index is 0.695. The Bertz CT molecular complexity index is 590. The SMILES string of the molecule is C[C@@H]1SC2=C(SC(=C3Sc4nccnc4S3)S2)S[C@@H]1C. The van der Waals surface area contributed by atoms with Gasteiger partial charge in [0, 0.05) is 22.9 Å². The van der Waals surface area contributed by atoms with Crippen LogP contribution in [0, 0.1) is 0 Å². The minimum Gasteiger partial charge on any atom is -0.245 e. The molecular formula is C12H10N2S6. The van der Waals surface area contributed by atoms with E-state index in [1.165, 1.54) is 16.9 Å². The van der Waals surface area contributed by atoms with Crippen LogP contribution in [-0.4, -0.2) is 20.5 Å². The van der Waals surface area contributed by atoms with Gasteiger partial charge < -0.3 is 0 Å². The molecule has 0 amide bonds. The molecule has 2 atom stereocenters. The van der Waals surface area contributed by atoms with Gasteiger partial charge in [0.05, 0.1) is 16.9 Å². The van der Waals surface area contributed by atoms with Crippen LogP contribution < -0.4 is 0 Å². The molecule has 0 spiro atoms. The molecule has 0 saturated carbocycles. The zero-order chi connectivity index (χ0) is 13.7. The van der Waals surface area contributed by atoms with Crippen LogP contribution in [0.5, 0.6) is 0 Å². The Morgan fingerprint density at radius 3 is 1.65 bits per heavy atom. The van der Waals surface area contributed by atoms with Gasteiger partial charge in [-0.05, 0) is 0 Å². The zero-order valence-electron chi connectivity index (χ0n) is 10.7. The molecule has 3 aliphatic heterocycles. The predicted molar refractivity (Wildman–Crippen MR) is 97.1 cm³/mol. The lowest BCUT2D eigenvalue weighted by Crippen LogP contribution is -2.14. The predicted octanol–water partition coefficient (Wildman–Crippen LogP) is 5.66. The normalized spacial score (nSPS) is 28.9. The first-order chi connectivity index (χ1) is 9.70. The first-order valence-corrected chi connectivity index (χ1v) is 11.1. The molecule has 4 rings (SSSR count). The molecule has 4 heterocycles. The van der Waals surface area contributed by atoms with Crippen LogP contribution >= 0.6 is 70.6 Å².